The molecule has 0 bridgehead atoms. The molecule has 6 heteroatoms. The molecular formula is C28H27N3O2S. The van der Waals surface area contributed by atoms with Gasteiger partial charge in [-0.15, -0.1) is 11.8 Å². The lowest BCUT2D eigenvalue weighted by atomic mass is 10.00. The molecule has 1 aliphatic heterocycles. The average molecular weight is 470 g/mol. The molecule has 0 aliphatic carbocycles. The number of nitrogens with one attached hydrogen (secondary N) is 1. The highest BCUT2D eigenvalue weighted by molar-refractivity contribution is 8.00. The second-order valence-electron chi connectivity index (χ2n) is 8.38. The molecule has 1 aromatic heterocycles. The van der Waals surface area contributed by atoms with Crippen molar-refractivity contribution >= 4 is 23.5 Å². The molecule has 5 rings (SSSR count). The van der Waals surface area contributed by atoms with Gasteiger partial charge in [0, 0.05) is 11.1 Å². The van der Waals surface area contributed by atoms with Crippen LogP contribution < -0.4 is 10.1 Å². The van der Waals surface area contributed by atoms with E-state index in [2.05, 4.69) is 55.6 Å². The Balaban J connectivity index is 1.68. The first-order valence-corrected chi connectivity index (χ1v) is 12.6. The third-order valence-electron chi connectivity index (χ3n) is 5.80. The molecule has 0 fully saturated rings. The fourth-order valence-corrected chi connectivity index (χ4v) is 5.24. The minimum atomic E-state index is -0.0522. The van der Waals surface area contributed by atoms with Crippen LogP contribution >= 0.6 is 11.8 Å². The van der Waals surface area contributed by atoms with Crippen LogP contribution in [0.3, 0.4) is 0 Å². The van der Waals surface area contributed by atoms with Gasteiger partial charge in [0.1, 0.15) is 11.6 Å². The molecule has 1 atom stereocenters. The zero-order valence-corrected chi connectivity index (χ0v) is 20.1. The van der Waals surface area contributed by atoms with Gasteiger partial charge in [0.15, 0.2) is 0 Å². The lowest BCUT2D eigenvalue weighted by molar-refractivity contribution is -0.113. The Bertz CT molecular complexity index is 1280. The van der Waals surface area contributed by atoms with Crippen molar-refractivity contribution in [3.05, 3.63) is 95.6 Å². The standard InChI is InChI=1S/C28H27N3O2S/c1-3-17-33-23-15-11-21(12-16-23)27-25-26(20-7-5-4-6-8-20)30-31(22-13-9-19(2)10-14-22)28(25)29-24(32)18-34-27/h4-16,27H,3,17-18H2,1-2H3,(H,29,32). The van der Waals surface area contributed by atoms with Crippen LogP contribution in [-0.2, 0) is 4.79 Å². The number of carbonyl (C=O) groups is 1. The van der Waals surface area contributed by atoms with Crippen molar-refractivity contribution < 1.29 is 9.53 Å². The Morgan fingerprint density at radius 2 is 1.76 bits per heavy atom. The second-order valence-corrected chi connectivity index (χ2v) is 9.47. The second kappa shape index (κ2) is 9.77. The molecule has 172 valence electrons. The highest BCUT2D eigenvalue weighted by atomic mass is 32.2. The number of aromatic nitrogens is 2. The maximum atomic E-state index is 12.8. The summed E-state index contributed by atoms with van der Waals surface area (Å²) in [5, 5.41) is 8.13. The molecule has 0 saturated carbocycles. The van der Waals surface area contributed by atoms with Gasteiger partial charge in [-0.3, -0.25) is 4.79 Å². The van der Waals surface area contributed by atoms with E-state index in [9.17, 15) is 4.79 Å². The molecule has 4 aromatic rings. The number of carbonyl (C=O) groups excluding carboxylic acids is 1. The third-order valence-corrected chi connectivity index (χ3v) is 7.07. The number of rotatable bonds is 6. The zero-order valence-electron chi connectivity index (χ0n) is 19.3. The zero-order chi connectivity index (χ0) is 23.5. The van der Waals surface area contributed by atoms with Crippen LogP contribution in [0.25, 0.3) is 16.9 Å². The normalized spacial score (nSPS) is 15.4. The van der Waals surface area contributed by atoms with E-state index >= 15 is 0 Å². The van der Waals surface area contributed by atoms with E-state index in [4.69, 9.17) is 9.84 Å². The Kier molecular flexibility index (Phi) is 6.41. The lowest BCUT2D eigenvalue weighted by Gasteiger charge is -2.17. The van der Waals surface area contributed by atoms with Gasteiger partial charge < -0.3 is 10.1 Å². The maximum absolute atomic E-state index is 12.8. The number of hydrogen-bond acceptors (Lipinski definition) is 4. The van der Waals surface area contributed by atoms with Crippen molar-refractivity contribution in [2.75, 3.05) is 17.7 Å². The molecule has 34 heavy (non-hydrogen) atoms. The first kappa shape index (κ1) is 22.3. The number of benzene rings is 3. The molecule has 1 N–H and O–H groups in total. The third kappa shape index (κ3) is 4.46. The van der Waals surface area contributed by atoms with Crippen molar-refractivity contribution in [1.29, 1.82) is 0 Å². The number of nitrogens with zero attached hydrogens (tertiary/aromatic N) is 2. The monoisotopic (exact) mass is 469 g/mol. The predicted octanol–water partition coefficient (Wildman–Crippen LogP) is 6.41. The van der Waals surface area contributed by atoms with Crippen LogP contribution in [0.4, 0.5) is 5.82 Å². The van der Waals surface area contributed by atoms with Crippen molar-refractivity contribution in [2.24, 2.45) is 0 Å². The van der Waals surface area contributed by atoms with Gasteiger partial charge >= 0.3 is 0 Å². The summed E-state index contributed by atoms with van der Waals surface area (Å²) in [6.45, 7) is 4.85. The van der Waals surface area contributed by atoms with E-state index in [1.165, 1.54) is 5.56 Å². The van der Waals surface area contributed by atoms with Crippen LogP contribution in [0, 0.1) is 6.92 Å². The summed E-state index contributed by atoms with van der Waals surface area (Å²) in [4.78, 5) is 12.8. The summed E-state index contributed by atoms with van der Waals surface area (Å²) in [7, 11) is 0. The van der Waals surface area contributed by atoms with Crippen LogP contribution in [-0.4, -0.2) is 28.0 Å². The van der Waals surface area contributed by atoms with Gasteiger partial charge in [0.25, 0.3) is 0 Å². The van der Waals surface area contributed by atoms with E-state index in [0.717, 1.165) is 46.1 Å². The fourth-order valence-electron chi connectivity index (χ4n) is 4.11. The molecule has 3 aromatic carbocycles. The molecular weight excluding hydrogens is 442 g/mol. The van der Waals surface area contributed by atoms with Gasteiger partial charge in [-0.2, -0.15) is 5.10 Å². The summed E-state index contributed by atoms with van der Waals surface area (Å²) in [5.41, 5.74) is 6.12. The van der Waals surface area contributed by atoms with E-state index < -0.39 is 0 Å². The van der Waals surface area contributed by atoms with Crippen LogP contribution in [0.15, 0.2) is 78.9 Å². The summed E-state index contributed by atoms with van der Waals surface area (Å²) in [6.07, 6.45) is 0.968. The van der Waals surface area contributed by atoms with Gasteiger partial charge in [-0.05, 0) is 43.2 Å². The van der Waals surface area contributed by atoms with Gasteiger partial charge in [0.05, 0.1) is 29.0 Å². The average Bonchev–Trinajstić information content (AvgIpc) is 3.14. The smallest absolute Gasteiger partial charge is 0.235 e. The number of ether oxygens (including phenoxy) is 1. The van der Waals surface area contributed by atoms with E-state index in [0.29, 0.717) is 12.4 Å². The summed E-state index contributed by atoms with van der Waals surface area (Å²) in [6, 6.07) is 26.6. The Morgan fingerprint density at radius 3 is 2.47 bits per heavy atom. The minimum Gasteiger partial charge on any atom is -0.494 e. The van der Waals surface area contributed by atoms with Crippen molar-refractivity contribution in [3.63, 3.8) is 0 Å². The molecule has 0 saturated heterocycles. The fraction of sp³-hybridized carbons (Fsp3) is 0.214. The van der Waals surface area contributed by atoms with Crippen LogP contribution in [0.1, 0.15) is 35.3 Å². The van der Waals surface area contributed by atoms with Crippen molar-refractivity contribution in [2.45, 2.75) is 25.5 Å². The highest BCUT2D eigenvalue weighted by Crippen LogP contribution is 2.47. The number of anilines is 1. The summed E-state index contributed by atoms with van der Waals surface area (Å²) < 4.78 is 7.65. The van der Waals surface area contributed by atoms with Gasteiger partial charge in [-0.1, -0.05) is 67.1 Å². The molecule has 1 unspecified atom stereocenters. The number of thioether (sulfide) groups is 1. The minimum absolute atomic E-state index is 0.0236. The lowest BCUT2D eigenvalue weighted by Crippen LogP contribution is -2.15. The molecule has 5 nitrogen and oxygen atoms in total. The highest BCUT2D eigenvalue weighted by Gasteiger charge is 2.32. The topological polar surface area (TPSA) is 56.1 Å². The van der Waals surface area contributed by atoms with Crippen LogP contribution in [0.5, 0.6) is 5.75 Å². The first-order chi connectivity index (χ1) is 16.6. The number of fused-ring (bicyclic) bond motifs is 1. The first-order valence-electron chi connectivity index (χ1n) is 11.5. The molecule has 1 amide bonds. The molecule has 2 heterocycles. The van der Waals surface area contributed by atoms with Crippen LogP contribution in [0.2, 0.25) is 0 Å². The van der Waals surface area contributed by atoms with E-state index in [-0.39, 0.29) is 11.2 Å². The van der Waals surface area contributed by atoms with Crippen molar-refractivity contribution in [3.8, 4) is 22.7 Å². The predicted molar refractivity (Wildman–Crippen MR) is 139 cm³/mol. The number of hydrogen-bond donors (Lipinski definition) is 1. The van der Waals surface area contributed by atoms with Gasteiger partial charge in [-0.25, -0.2) is 4.68 Å². The van der Waals surface area contributed by atoms with Crippen molar-refractivity contribution in [1.82, 2.24) is 9.78 Å². The molecule has 0 radical (unpaired) electrons. The molecule has 0 spiro atoms. The maximum Gasteiger partial charge on any atom is 0.235 e. The Labute approximate surface area is 204 Å². The van der Waals surface area contributed by atoms with E-state index in [1.807, 2.05) is 47.1 Å². The Morgan fingerprint density at radius 1 is 1.03 bits per heavy atom. The SMILES string of the molecule is CCCOc1ccc(C2SCC(=O)Nc3c2c(-c2ccccc2)nn3-c2ccc(C)cc2)cc1. The summed E-state index contributed by atoms with van der Waals surface area (Å²) >= 11 is 1.63. The summed E-state index contributed by atoms with van der Waals surface area (Å²) in [5.74, 6) is 1.94. The van der Waals surface area contributed by atoms with E-state index in [1.54, 1.807) is 11.8 Å². The molecule has 1 aliphatic rings. The number of amides is 1. The van der Waals surface area contributed by atoms with Gasteiger partial charge in [0.2, 0.25) is 5.91 Å². The number of aryl methyl sites for hydroxylation is 1. The Hall–Kier alpha value is -3.51. The largest absolute Gasteiger partial charge is 0.494 e. The quantitative estimate of drug-likeness (QED) is 0.354.